The van der Waals surface area contributed by atoms with Crippen molar-refractivity contribution in [1.82, 2.24) is 4.90 Å². The Hall–Kier alpha value is -3.52. The van der Waals surface area contributed by atoms with Crippen LogP contribution < -0.4 is 19.5 Å². The van der Waals surface area contributed by atoms with Crippen LogP contribution in [0.5, 0.6) is 17.2 Å². The number of hydrogen-bond donors (Lipinski definition) is 1. The Kier molecular flexibility index (Phi) is 6.55. The lowest BCUT2D eigenvalue weighted by molar-refractivity contribution is -0.119. The molecule has 0 bridgehead atoms. The first-order valence-corrected chi connectivity index (χ1v) is 11.5. The van der Waals surface area contributed by atoms with E-state index in [0.717, 1.165) is 4.88 Å². The molecule has 0 saturated carbocycles. The second-order valence-electron chi connectivity index (χ2n) is 7.57. The number of benzene rings is 2. The van der Waals surface area contributed by atoms with Gasteiger partial charge in [-0.2, -0.15) is 0 Å². The smallest absolute Gasteiger partial charge is 0.254 e. The zero-order chi connectivity index (χ0) is 23.5. The number of likely N-dealkylation sites (N-methyl/N-ethyl adjacent to an activating group) is 1. The zero-order valence-electron chi connectivity index (χ0n) is 19.0. The lowest BCUT2D eigenvalue weighted by atomic mass is 9.81. The topological polar surface area (TPSA) is 77.1 Å². The van der Waals surface area contributed by atoms with Gasteiger partial charge < -0.3 is 24.4 Å². The predicted molar refractivity (Wildman–Crippen MR) is 128 cm³/mol. The van der Waals surface area contributed by atoms with Crippen LogP contribution in [0.4, 0.5) is 5.69 Å². The van der Waals surface area contributed by atoms with Gasteiger partial charge in [-0.05, 0) is 48.2 Å². The predicted octanol–water partition coefficient (Wildman–Crippen LogP) is 4.71. The van der Waals surface area contributed by atoms with Crippen LogP contribution in [-0.2, 0) is 4.79 Å². The molecule has 0 radical (unpaired) electrons. The standard InChI is InChI=1S/C25H26N2O5S/c1-5-32-18-10-7-6-9-17(18)26-24(28)22-15-13-19(30-3)20(31-4)14-16(15)25(29)27(2)23(22)21-11-8-12-33-21/h6-14,22-23H,5H2,1-4H3,(H,26,28). The highest BCUT2D eigenvalue weighted by Crippen LogP contribution is 2.47. The largest absolute Gasteiger partial charge is 0.493 e. The third-order valence-corrected chi connectivity index (χ3v) is 6.68. The van der Waals surface area contributed by atoms with Crippen LogP contribution in [0, 0.1) is 0 Å². The molecular formula is C25H26N2O5S. The van der Waals surface area contributed by atoms with Crippen molar-refractivity contribution in [3.8, 4) is 17.2 Å². The molecule has 7 nitrogen and oxygen atoms in total. The number of nitrogens with one attached hydrogen (secondary N) is 1. The number of rotatable bonds is 7. The van der Waals surface area contributed by atoms with Crippen molar-refractivity contribution < 1.29 is 23.8 Å². The number of hydrogen-bond acceptors (Lipinski definition) is 6. The van der Waals surface area contributed by atoms with Gasteiger partial charge in [0.1, 0.15) is 5.75 Å². The van der Waals surface area contributed by atoms with E-state index in [9.17, 15) is 9.59 Å². The van der Waals surface area contributed by atoms with Crippen molar-refractivity contribution in [3.05, 3.63) is 69.9 Å². The fourth-order valence-electron chi connectivity index (χ4n) is 4.21. The van der Waals surface area contributed by atoms with Gasteiger partial charge in [0.2, 0.25) is 5.91 Å². The first-order chi connectivity index (χ1) is 16.0. The van der Waals surface area contributed by atoms with Crippen LogP contribution in [0.25, 0.3) is 0 Å². The number of fused-ring (bicyclic) bond motifs is 1. The van der Waals surface area contributed by atoms with E-state index in [1.54, 1.807) is 30.1 Å². The summed E-state index contributed by atoms with van der Waals surface area (Å²) in [5.41, 5.74) is 1.59. The number of amides is 2. The lowest BCUT2D eigenvalue weighted by Crippen LogP contribution is -2.43. The number of carbonyl (C=O) groups is 2. The summed E-state index contributed by atoms with van der Waals surface area (Å²) in [4.78, 5) is 29.7. The van der Waals surface area contributed by atoms with Gasteiger partial charge in [0.15, 0.2) is 11.5 Å². The molecule has 0 spiro atoms. The average molecular weight is 467 g/mol. The number of ether oxygens (including phenoxy) is 3. The average Bonchev–Trinajstić information content (AvgIpc) is 3.36. The van der Waals surface area contributed by atoms with Crippen molar-refractivity contribution in [2.75, 3.05) is 33.2 Å². The molecule has 33 heavy (non-hydrogen) atoms. The Bertz CT molecular complexity index is 1160. The fraction of sp³-hybridized carbons (Fsp3) is 0.280. The van der Waals surface area contributed by atoms with Crippen LogP contribution in [0.15, 0.2) is 53.9 Å². The monoisotopic (exact) mass is 466 g/mol. The molecule has 1 aliphatic heterocycles. The van der Waals surface area contributed by atoms with E-state index in [-0.39, 0.29) is 11.8 Å². The fourth-order valence-corrected chi connectivity index (χ4v) is 5.11. The van der Waals surface area contributed by atoms with E-state index in [4.69, 9.17) is 14.2 Å². The normalized spacial score (nSPS) is 17.3. The van der Waals surface area contributed by atoms with Crippen LogP contribution in [0.2, 0.25) is 0 Å². The Balaban J connectivity index is 1.85. The molecular weight excluding hydrogens is 440 g/mol. The van der Waals surface area contributed by atoms with E-state index >= 15 is 0 Å². The molecule has 1 aromatic heterocycles. The summed E-state index contributed by atoms with van der Waals surface area (Å²) in [6, 6.07) is 14.1. The summed E-state index contributed by atoms with van der Waals surface area (Å²) in [6.45, 7) is 2.37. The van der Waals surface area contributed by atoms with Crippen LogP contribution in [0.1, 0.15) is 39.7 Å². The lowest BCUT2D eigenvalue weighted by Gasteiger charge is -2.39. The van der Waals surface area contributed by atoms with E-state index in [0.29, 0.717) is 40.7 Å². The van der Waals surface area contributed by atoms with E-state index in [1.165, 1.54) is 25.6 Å². The number of methoxy groups -OCH3 is 2. The summed E-state index contributed by atoms with van der Waals surface area (Å²) in [5.74, 6) is 0.403. The van der Waals surface area contributed by atoms with Crippen molar-refractivity contribution >= 4 is 28.8 Å². The molecule has 2 atom stereocenters. The van der Waals surface area contributed by atoms with Crippen molar-refractivity contribution in [2.24, 2.45) is 0 Å². The van der Waals surface area contributed by atoms with Crippen LogP contribution >= 0.6 is 11.3 Å². The minimum atomic E-state index is -0.671. The van der Waals surface area contributed by atoms with E-state index < -0.39 is 12.0 Å². The quantitative estimate of drug-likeness (QED) is 0.546. The third kappa shape index (κ3) is 4.14. The molecule has 1 N–H and O–H groups in total. The van der Waals surface area contributed by atoms with Gasteiger partial charge >= 0.3 is 0 Å². The van der Waals surface area contributed by atoms with E-state index in [2.05, 4.69) is 5.32 Å². The maximum Gasteiger partial charge on any atom is 0.254 e. The van der Waals surface area contributed by atoms with Gasteiger partial charge in [0, 0.05) is 17.5 Å². The summed E-state index contributed by atoms with van der Waals surface area (Å²) in [5, 5.41) is 4.97. The molecule has 2 amide bonds. The molecule has 0 aliphatic carbocycles. The molecule has 0 fully saturated rings. The molecule has 172 valence electrons. The second kappa shape index (κ2) is 9.54. The molecule has 2 aromatic carbocycles. The number of anilines is 1. The maximum absolute atomic E-state index is 13.8. The summed E-state index contributed by atoms with van der Waals surface area (Å²) in [7, 11) is 4.77. The van der Waals surface area contributed by atoms with Gasteiger partial charge in [0.25, 0.3) is 5.91 Å². The van der Waals surface area contributed by atoms with Gasteiger partial charge in [-0.15, -0.1) is 11.3 Å². The van der Waals surface area contributed by atoms with Crippen LogP contribution in [0.3, 0.4) is 0 Å². The Morgan fingerprint density at radius 2 is 1.79 bits per heavy atom. The third-order valence-electron chi connectivity index (χ3n) is 5.74. The molecule has 0 saturated heterocycles. The highest BCUT2D eigenvalue weighted by molar-refractivity contribution is 7.10. The first-order valence-electron chi connectivity index (χ1n) is 10.6. The van der Waals surface area contributed by atoms with Crippen molar-refractivity contribution in [2.45, 2.75) is 18.9 Å². The molecule has 2 unspecified atom stereocenters. The summed E-state index contributed by atoms with van der Waals surface area (Å²) < 4.78 is 16.6. The van der Waals surface area contributed by atoms with Gasteiger partial charge in [-0.3, -0.25) is 9.59 Å². The number of carbonyl (C=O) groups excluding carboxylic acids is 2. The van der Waals surface area contributed by atoms with E-state index in [1.807, 2.05) is 42.6 Å². The first kappa shape index (κ1) is 22.7. The highest BCUT2D eigenvalue weighted by Gasteiger charge is 2.44. The molecule has 4 rings (SSSR count). The highest BCUT2D eigenvalue weighted by atomic mass is 32.1. The van der Waals surface area contributed by atoms with Crippen LogP contribution in [-0.4, -0.2) is 44.6 Å². The molecule has 1 aliphatic rings. The summed E-state index contributed by atoms with van der Waals surface area (Å²) in [6.07, 6.45) is 0. The number of nitrogens with zero attached hydrogens (tertiary/aromatic N) is 1. The Morgan fingerprint density at radius 1 is 1.06 bits per heavy atom. The maximum atomic E-state index is 13.8. The molecule has 8 heteroatoms. The van der Waals surface area contributed by atoms with Gasteiger partial charge in [-0.25, -0.2) is 0 Å². The number of thiophene rings is 1. The minimum absolute atomic E-state index is 0.178. The van der Waals surface area contributed by atoms with Crippen molar-refractivity contribution in [3.63, 3.8) is 0 Å². The molecule has 3 aromatic rings. The second-order valence-corrected chi connectivity index (χ2v) is 8.55. The SMILES string of the molecule is CCOc1ccccc1NC(=O)C1c2cc(OC)c(OC)cc2C(=O)N(C)C1c1cccs1. The minimum Gasteiger partial charge on any atom is -0.493 e. The Labute approximate surface area is 196 Å². The van der Waals surface area contributed by atoms with Gasteiger partial charge in [0.05, 0.1) is 38.5 Å². The molecule has 2 heterocycles. The summed E-state index contributed by atoms with van der Waals surface area (Å²) >= 11 is 1.51. The Morgan fingerprint density at radius 3 is 2.45 bits per heavy atom. The van der Waals surface area contributed by atoms with Crippen molar-refractivity contribution in [1.29, 1.82) is 0 Å². The van der Waals surface area contributed by atoms with Gasteiger partial charge in [-0.1, -0.05) is 18.2 Å². The number of para-hydroxylation sites is 2. The zero-order valence-corrected chi connectivity index (χ0v) is 19.8.